The first kappa shape index (κ1) is 13.2. The van der Waals surface area contributed by atoms with E-state index in [9.17, 15) is 4.79 Å². The maximum Gasteiger partial charge on any atom is 0.356 e. The van der Waals surface area contributed by atoms with Gasteiger partial charge in [0.2, 0.25) is 0 Å². The third kappa shape index (κ3) is 3.16. The summed E-state index contributed by atoms with van der Waals surface area (Å²) in [5, 5.41) is 13.1. The van der Waals surface area contributed by atoms with Crippen molar-refractivity contribution < 1.29 is 9.90 Å². The minimum Gasteiger partial charge on any atom is -0.476 e. The van der Waals surface area contributed by atoms with Crippen LogP contribution >= 0.6 is 11.8 Å². The van der Waals surface area contributed by atoms with Crippen LogP contribution in [0.3, 0.4) is 0 Å². The van der Waals surface area contributed by atoms with Crippen molar-refractivity contribution in [2.75, 3.05) is 11.6 Å². The van der Waals surface area contributed by atoms with E-state index in [1.807, 2.05) is 11.8 Å². The van der Waals surface area contributed by atoms with Crippen LogP contribution in [0.1, 0.15) is 36.2 Å². The average molecular weight is 266 g/mol. The molecule has 0 aromatic carbocycles. The minimum absolute atomic E-state index is 0.115. The highest BCUT2D eigenvalue weighted by atomic mass is 32.2. The van der Waals surface area contributed by atoms with Gasteiger partial charge >= 0.3 is 5.97 Å². The zero-order valence-electron chi connectivity index (χ0n) is 10.4. The van der Waals surface area contributed by atoms with E-state index in [-0.39, 0.29) is 5.69 Å². The molecule has 1 saturated carbocycles. The second-order valence-electron chi connectivity index (χ2n) is 4.57. The standard InChI is InChI=1S/C13H18N2O2S/c1-18-10-5-2-4-9(8-10)15-11-6-3-7-14-12(11)13(16)17/h3,6-7,9-10,15H,2,4-5,8H2,1H3,(H,16,17). The van der Waals surface area contributed by atoms with Gasteiger partial charge < -0.3 is 10.4 Å². The first-order valence-electron chi connectivity index (χ1n) is 6.18. The molecular weight excluding hydrogens is 248 g/mol. The molecule has 2 unspecified atom stereocenters. The molecule has 0 saturated heterocycles. The molecular formula is C13H18N2O2S. The minimum atomic E-state index is -0.977. The molecule has 0 spiro atoms. The average Bonchev–Trinajstić information content (AvgIpc) is 2.39. The highest BCUT2D eigenvalue weighted by molar-refractivity contribution is 7.99. The van der Waals surface area contributed by atoms with Crippen LogP contribution in [-0.2, 0) is 0 Å². The monoisotopic (exact) mass is 266 g/mol. The smallest absolute Gasteiger partial charge is 0.356 e. The number of hydrogen-bond donors (Lipinski definition) is 2. The fourth-order valence-electron chi connectivity index (χ4n) is 2.40. The second-order valence-corrected chi connectivity index (χ2v) is 5.71. The van der Waals surface area contributed by atoms with Gasteiger partial charge in [0, 0.05) is 17.5 Å². The maximum atomic E-state index is 11.1. The quantitative estimate of drug-likeness (QED) is 0.877. The van der Waals surface area contributed by atoms with Gasteiger partial charge in [-0.25, -0.2) is 9.78 Å². The van der Waals surface area contributed by atoms with Crippen LogP contribution in [0.5, 0.6) is 0 Å². The Morgan fingerprint density at radius 3 is 3.11 bits per heavy atom. The number of carboxylic acid groups (broad SMARTS) is 1. The Balaban J connectivity index is 2.07. The molecule has 0 bridgehead atoms. The molecule has 4 nitrogen and oxygen atoms in total. The van der Waals surface area contributed by atoms with Crippen LogP contribution < -0.4 is 5.32 Å². The third-order valence-electron chi connectivity index (χ3n) is 3.33. The van der Waals surface area contributed by atoms with Crippen molar-refractivity contribution in [2.45, 2.75) is 37.0 Å². The summed E-state index contributed by atoms with van der Waals surface area (Å²) in [4.78, 5) is 15.0. The molecule has 1 aliphatic rings. The van der Waals surface area contributed by atoms with Crippen molar-refractivity contribution in [2.24, 2.45) is 0 Å². The Morgan fingerprint density at radius 2 is 2.39 bits per heavy atom. The molecule has 1 aliphatic carbocycles. The number of pyridine rings is 1. The van der Waals surface area contributed by atoms with Gasteiger partial charge in [-0.1, -0.05) is 6.42 Å². The Bertz CT molecular complexity index is 425. The highest BCUT2D eigenvalue weighted by Gasteiger charge is 2.22. The number of thioether (sulfide) groups is 1. The molecule has 1 fully saturated rings. The lowest BCUT2D eigenvalue weighted by Crippen LogP contribution is -2.29. The van der Waals surface area contributed by atoms with Crippen molar-refractivity contribution in [3.8, 4) is 0 Å². The molecule has 1 heterocycles. The summed E-state index contributed by atoms with van der Waals surface area (Å²) in [6.07, 6.45) is 8.31. The van der Waals surface area contributed by atoms with Gasteiger partial charge in [-0.05, 0) is 37.7 Å². The molecule has 18 heavy (non-hydrogen) atoms. The first-order chi connectivity index (χ1) is 8.70. The number of nitrogens with one attached hydrogen (secondary N) is 1. The van der Waals surface area contributed by atoms with E-state index in [1.165, 1.54) is 19.0 Å². The maximum absolute atomic E-state index is 11.1. The van der Waals surface area contributed by atoms with Gasteiger partial charge in [-0.3, -0.25) is 0 Å². The molecule has 98 valence electrons. The van der Waals surface area contributed by atoms with E-state index in [4.69, 9.17) is 5.11 Å². The number of aromatic carboxylic acids is 1. The Hall–Kier alpha value is -1.23. The summed E-state index contributed by atoms with van der Waals surface area (Å²) in [7, 11) is 0. The lowest BCUT2D eigenvalue weighted by Gasteiger charge is -2.29. The summed E-state index contributed by atoms with van der Waals surface area (Å²) in [5.74, 6) is -0.977. The number of carboxylic acids is 1. The predicted octanol–water partition coefficient (Wildman–Crippen LogP) is 2.87. The lowest BCUT2D eigenvalue weighted by atomic mass is 9.94. The number of carbonyl (C=O) groups is 1. The van der Waals surface area contributed by atoms with Gasteiger partial charge in [0.15, 0.2) is 5.69 Å². The summed E-state index contributed by atoms with van der Waals surface area (Å²) >= 11 is 1.90. The number of hydrogen-bond acceptors (Lipinski definition) is 4. The summed E-state index contributed by atoms with van der Waals surface area (Å²) in [5.41, 5.74) is 0.750. The topological polar surface area (TPSA) is 62.2 Å². The normalized spacial score (nSPS) is 23.6. The molecule has 2 rings (SSSR count). The Labute approximate surface area is 111 Å². The van der Waals surface area contributed by atoms with Crippen LogP contribution in [0.15, 0.2) is 18.3 Å². The van der Waals surface area contributed by atoms with Crippen LogP contribution in [0.25, 0.3) is 0 Å². The molecule has 2 atom stereocenters. The fraction of sp³-hybridized carbons (Fsp3) is 0.538. The van der Waals surface area contributed by atoms with Gasteiger partial charge in [0.1, 0.15) is 0 Å². The van der Waals surface area contributed by atoms with Crippen LogP contribution in [0, 0.1) is 0 Å². The van der Waals surface area contributed by atoms with Crippen molar-refractivity contribution in [1.82, 2.24) is 4.98 Å². The molecule has 1 aromatic heterocycles. The number of anilines is 1. The van der Waals surface area contributed by atoms with E-state index >= 15 is 0 Å². The molecule has 1 aromatic rings. The SMILES string of the molecule is CSC1CCCC(Nc2cccnc2C(=O)O)C1. The summed E-state index contributed by atoms with van der Waals surface area (Å²) < 4.78 is 0. The fourth-order valence-corrected chi connectivity index (χ4v) is 3.23. The molecule has 5 heteroatoms. The zero-order chi connectivity index (χ0) is 13.0. The zero-order valence-corrected chi connectivity index (χ0v) is 11.2. The third-order valence-corrected chi connectivity index (χ3v) is 4.42. The summed E-state index contributed by atoms with van der Waals surface area (Å²) in [6.45, 7) is 0. The van der Waals surface area contributed by atoms with Crippen LogP contribution in [0.2, 0.25) is 0 Å². The largest absolute Gasteiger partial charge is 0.476 e. The first-order valence-corrected chi connectivity index (χ1v) is 7.47. The molecule has 2 N–H and O–H groups in total. The molecule has 0 radical (unpaired) electrons. The predicted molar refractivity (Wildman–Crippen MR) is 74.4 cm³/mol. The van der Waals surface area contributed by atoms with Crippen molar-refractivity contribution in [3.63, 3.8) is 0 Å². The van der Waals surface area contributed by atoms with E-state index in [0.717, 1.165) is 12.8 Å². The van der Waals surface area contributed by atoms with Gasteiger partial charge in [0.25, 0.3) is 0 Å². The van der Waals surface area contributed by atoms with E-state index in [2.05, 4.69) is 16.6 Å². The van der Waals surface area contributed by atoms with Crippen LogP contribution in [-0.4, -0.2) is 33.6 Å². The van der Waals surface area contributed by atoms with Gasteiger partial charge in [0.05, 0.1) is 5.69 Å². The molecule has 0 aliphatic heterocycles. The van der Waals surface area contributed by atoms with E-state index in [0.29, 0.717) is 17.0 Å². The van der Waals surface area contributed by atoms with Crippen molar-refractivity contribution in [3.05, 3.63) is 24.0 Å². The number of nitrogens with zero attached hydrogens (tertiary/aromatic N) is 1. The van der Waals surface area contributed by atoms with Gasteiger partial charge in [-0.15, -0.1) is 0 Å². The van der Waals surface area contributed by atoms with Crippen LogP contribution in [0.4, 0.5) is 5.69 Å². The summed E-state index contributed by atoms with van der Waals surface area (Å²) in [6, 6.07) is 3.92. The van der Waals surface area contributed by atoms with E-state index in [1.54, 1.807) is 12.1 Å². The Morgan fingerprint density at radius 1 is 1.56 bits per heavy atom. The van der Waals surface area contributed by atoms with Gasteiger partial charge in [-0.2, -0.15) is 11.8 Å². The number of rotatable bonds is 4. The highest BCUT2D eigenvalue weighted by Crippen LogP contribution is 2.29. The van der Waals surface area contributed by atoms with Crippen molar-refractivity contribution in [1.29, 1.82) is 0 Å². The van der Waals surface area contributed by atoms with E-state index < -0.39 is 5.97 Å². The molecule has 0 amide bonds. The van der Waals surface area contributed by atoms with Crippen molar-refractivity contribution >= 4 is 23.4 Å². The Kier molecular flexibility index (Phi) is 4.47. The second kappa shape index (κ2) is 6.09. The lowest BCUT2D eigenvalue weighted by molar-refractivity contribution is 0.0691. The number of aromatic nitrogens is 1.